The molecule has 0 aliphatic heterocycles. The van der Waals surface area contributed by atoms with Crippen molar-refractivity contribution < 1.29 is 0 Å². The largest absolute Gasteiger partial charge is 0.254 e. The van der Waals surface area contributed by atoms with Crippen LogP contribution < -0.4 is 10.6 Å². The molecule has 9 heavy (non-hydrogen) atoms. The van der Waals surface area contributed by atoms with Crippen molar-refractivity contribution in [3.63, 3.8) is 0 Å². The standard InChI is InChI=1S/C8H9N/c1-6-4-5-7(2)9-8(6)3/h4-5H,1,3H2,2H3. The van der Waals surface area contributed by atoms with E-state index in [-0.39, 0.29) is 0 Å². The molecule has 0 aliphatic rings. The zero-order chi connectivity index (χ0) is 6.85. The smallest absolute Gasteiger partial charge is 0.0627 e. The van der Waals surface area contributed by atoms with E-state index in [0.29, 0.717) is 0 Å². The van der Waals surface area contributed by atoms with Gasteiger partial charge in [-0.05, 0) is 18.2 Å². The van der Waals surface area contributed by atoms with E-state index in [0.717, 1.165) is 16.3 Å². The Morgan fingerprint density at radius 2 is 2.00 bits per heavy atom. The molecule has 0 amide bonds. The van der Waals surface area contributed by atoms with Crippen molar-refractivity contribution in [1.29, 1.82) is 0 Å². The highest BCUT2D eigenvalue weighted by Crippen LogP contribution is 1.78. The Bertz CT molecular complexity index is 301. The Morgan fingerprint density at radius 3 is 2.44 bits per heavy atom. The van der Waals surface area contributed by atoms with E-state index >= 15 is 0 Å². The highest BCUT2D eigenvalue weighted by molar-refractivity contribution is 5.12. The fourth-order valence-electron chi connectivity index (χ4n) is 0.639. The van der Waals surface area contributed by atoms with Gasteiger partial charge in [0.2, 0.25) is 0 Å². The summed E-state index contributed by atoms with van der Waals surface area (Å²) in [6.07, 6.45) is 0. The molecule has 0 aromatic carbocycles. The Labute approximate surface area is 54.4 Å². The normalized spacial score (nSPS) is 9.44. The number of hydrogen-bond acceptors (Lipinski definition) is 1. The molecular formula is C8H9N. The summed E-state index contributed by atoms with van der Waals surface area (Å²) in [6, 6.07) is 3.85. The number of pyridine rings is 1. The number of rotatable bonds is 0. The summed E-state index contributed by atoms with van der Waals surface area (Å²) < 4.78 is 0. The van der Waals surface area contributed by atoms with Crippen LogP contribution in [0.15, 0.2) is 12.1 Å². The van der Waals surface area contributed by atoms with Crippen molar-refractivity contribution in [2.24, 2.45) is 0 Å². The van der Waals surface area contributed by atoms with Crippen molar-refractivity contribution in [3.05, 3.63) is 28.4 Å². The fraction of sp³-hybridized carbons (Fsp3) is 0.125. The zero-order valence-corrected chi connectivity index (χ0v) is 5.52. The van der Waals surface area contributed by atoms with Gasteiger partial charge in [-0.2, -0.15) is 0 Å². The molecule has 0 saturated heterocycles. The molecule has 0 atom stereocenters. The first-order valence-electron chi connectivity index (χ1n) is 2.82. The average molecular weight is 119 g/mol. The molecule has 1 nitrogen and oxygen atoms in total. The molecule has 46 valence electrons. The van der Waals surface area contributed by atoms with E-state index in [1.54, 1.807) is 0 Å². The lowest BCUT2D eigenvalue weighted by Gasteiger charge is -1.87. The highest BCUT2D eigenvalue weighted by Gasteiger charge is 1.81. The minimum absolute atomic E-state index is 0.773. The second-order valence-corrected chi connectivity index (χ2v) is 2.06. The summed E-state index contributed by atoms with van der Waals surface area (Å²) >= 11 is 0. The van der Waals surface area contributed by atoms with Crippen LogP contribution in [0.1, 0.15) is 5.69 Å². The van der Waals surface area contributed by atoms with Crippen molar-refractivity contribution in [1.82, 2.24) is 4.98 Å². The maximum absolute atomic E-state index is 4.10. The molecule has 1 aromatic rings. The lowest BCUT2D eigenvalue weighted by Crippen LogP contribution is -2.24. The summed E-state index contributed by atoms with van der Waals surface area (Å²) in [6.45, 7) is 9.38. The van der Waals surface area contributed by atoms with Crippen molar-refractivity contribution >= 4 is 13.2 Å². The summed E-state index contributed by atoms with van der Waals surface area (Å²) in [5.74, 6) is 0. The molecule has 0 unspecified atom stereocenters. The van der Waals surface area contributed by atoms with Gasteiger partial charge in [0.25, 0.3) is 0 Å². The molecule has 1 heteroatoms. The predicted octanol–water partition coefficient (Wildman–Crippen LogP) is 0.211. The van der Waals surface area contributed by atoms with Gasteiger partial charge in [0.1, 0.15) is 0 Å². The van der Waals surface area contributed by atoms with Crippen LogP contribution in [0.25, 0.3) is 13.2 Å². The minimum atomic E-state index is 0.773. The van der Waals surface area contributed by atoms with Gasteiger partial charge in [-0.15, -0.1) is 0 Å². The van der Waals surface area contributed by atoms with E-state index < -0.39 is 0 Å². The van der Waals surface area contributed by atoms with Crippen LogP contribution in [0.5, 0.6) is 0 Å². The molecule has 1 rings (SSSR count). The van der Waals surface area contributed by atoms with Gasteiger partial charge in [-0.3, -0.25) is 4.98 Å². The maximum atomic E-state index is 4.10. The Kier molecular flexibility index (Phi) is 1.35. The average Bonchev–Trinajstić information content (AvgIpc) is 1.80. The molecule has 0 aliphatic carbocycles. The van der Waals surface area contributed by atoms with E-state index in [1.807, 2.05) is 19.1 Å². The molecule has 0 fully saturated rings. The Balaban J connectivity index is 3.53. The van der Waals surface area contributed by atoms with Crippen LogP contribution in [0.4, 0.5) is 0 Å². The van der Waals surface area contributed by atoms with Gasteiger partial charge in [0.05, 0.1) is 5.35 Å². The summed E-state index contributed by atoms with van der Waals surface area (Å²) in [5, 5.41) is 1.68. The topological polar surface area (TPSA) is 12.9 Å². The molecule has 1 heterocycles. The Hall–Kier alpha value is -1.11. The summed E-state index contributed by atoms with van der Waals surface area (Å²) in [5.41, 5.74) is 0.993. The number of aromatic nitrogens is 1. The van der Waals surface area contributed by atoms with E-state index in [9.17, 15) is 0 Å². The quantitative estimate of drug-likeness (QED) is 0.476. The van der Waals surface area contributed by atoms with Gasteiger partial charge < -0.3 is 0 Å². The zero-order valence-electron chi connectivity index (χ0n) is 5.52. The molecular weight excluding hydrogens is 110 g/mol. The monoisotopic (exact) mass is 119 g/mol. The lowest BCUT2D eigenvalue weighted by atomic mass is 10.3. The van der Waals surface area contributed by atoms with Crippen LogP contribution in [-0.2, 0) is 0 Å². The molecule has 0 spiro atoms. The molecule has 0 saturated carbocycles. The minimum Gasteiger partial charge on any atom is -0.254 e. The van der Waals surface area contributed by atoms with Gasteiger partial charge in [0, 0.05) is 5.69 Å². The molecule has 1 aromatic heterocycles. The predicted molar refractivity (Wildman–Crippen MR) is 39.3 cm³/mol. The van der Waals surface area contributed by atoms with Crippen LogP contribution in [0.2, 0.25) is 0 Å². The summed E-state index contributed by atoms with van der Waals surface area (Å²) in [4.78, 5) is 4.10. The number of nitrogens with zero attached hydrogens (tertiary/aromatic N) is 1. The van der Waals surface area contributed by atoms with Crippen molar-refractivity contribution in [2.45, 2.75) is 6.92 Å². The van der Waals surface area contributed by atoms with Crippen LogP contribution in [0, 0.1) is 6.92 Å². The van der Waals surface area contributed by atoms with Gasteiger partial charge in [-0.25, -0.2) is 0 Å². The number of hydrogen-bond donors (Lipinski definition) is 0. The maximum Gasteiger partial charge on any atom is 0.0627 e. The van der Waals surface area contributed by atoms with Crippen LogP contribution in [0.3, 0.4) is 0 Å². The first kappa shape index (κ1) is 6.02. The SMILES string of the molecule is C=c1ccc(C)nc1=C. The van der Waals surface area contributed by atoms with Gasteiger partial charge >= 0.3 is 0 Å². The van der Waals surface area contributed by atoms with Crippen LogP contribution >= 0.6 is 0 Å². The lowest BCUT2D eigenvalue weighted by molar-refractivity contribution is 1.14. The van der Waals surface area contributed by atoms with Crippen LogP contribution in [-0.4, -0.2) is 4.98 Å². The molecule has 0 radical (unpaired) electrons. The van der Waals surface area contributed by atoms with Gasteiger partial charge in [0.15, 0.2) is 0 Å². The number of aryl methyl sites for hydroxylation is 1. The second-order valence-electron chi connectivity index (χ2n) is 2.06. The molecule has 0 bridgehead atoms. The van der Waals surface area contributed by atoms with Crippen molar-refractivity contribution in [3.8, 4) is 0 Å². The molecule has 0 N–H and O–H groups in total. The third-order valence-corrected chi connectivity index (χ3v) is 1.21. The van der Waals surface area contributed by atoms with E-state index in [4.69, 9.17) is 0 Å². The highest BCUT2D eigenvalue weighted by atomic mass is 14.7. The summed E-state index contributed by atoms with van der Waals surface area (Å²) in [7, 11) is 0. The Morgan fingerprint density at radius 1 is 1.33 bits per heavy atom. The first-order chi connectivity index (χ1) is 4.20. The third kappa shape index (κ3) is 1.17. The van der Waals surface area contributed by atoms with Crippen molar-refractivity contribution in [2.75, 3.05) is 0 Å². The first-order valence-corrected chi connectivity index (χ1v) is 2.82. The fourth-order valence-corrected chi connectivity index (χ4v) is 0.639. The van der Waals surface area contributed by atoms with Gasteiger partial charge in [-0.1, -0.05) is 19.2 Å². The third-order valence-electron chi connectivity index (χ3n) is 1.21. The van der Waals surface area contributed by atoms with E-state index in [2.05, 4.69) is 18.1 Å². The second kappa shape index (κ2) is 2.02. The van der Waals surface area contributed by atoms with E-state index in [1.165, 1.54) is 0 Å².